The van der Waals surface area contributed by atoms with Gasteiger partial charge in [-0.2, -0.15) is 0 Å². The summed E-state index contributed by atoms with van der Waals surface area (Å²) in [6, 6.07) is 8.74. The number of rotatable bonds is 4. The van der Waals surface area contributed by atoms with Crippen LogP contribution in [0.15, 0.2) is 41.6 Å². The molecule has 1 aromatic carbocycles. The molecule has 0 bridgehead atoms. The van der Waals surface area contributed by atoms with E-state index in [1.807, 2.05) is 30.3 Å². The largest absolute Gasteiger partial charge is 0.462 e. The topological polar surface area (TPSA) is 63.7 Å². The van der Waals surface area contributed by atoms with Crippen molar-refractivity contribution in [1.29, 1.82) is 0 Å². The third kappa shape index (κ3) is 2.93. The maximum absolute atomic E-state index is 12.6. The lowest BCUT2D eigenvalue weighted by atomic mass is 10.0. The van der Waals surface area contributed by atoms with E-state index in [1.165, 1.54) is 11.8 Å². The second kappa shape index (κ2) is 6.56. The highest BCUT2D eigenvalue weighted by Gasteiger charge is 2.43. The fourth-order valence-corrected chi connectivity index (χ4v) is 2.74. The van der Waals surface area contributed by atoms with Gasteiger partial charge in [-0.1, -0.05) is 30.3 Å². The van der Waals surface area contributed by atoms with Crippen LogP contribution in [0.4, 0.5) is 0 Å². The molecule has 1 aliphatic heterocycles. The van der Waals surface area contributed by atoms with E-state index in [2.05, 4.69) is 0 Å². The van der Waals surface area contributed by atoms with E-state index in [9.17, 15) is 14.4 Å². The van der Waals surface area contributed by atoms with Gasteiger partial charge in [0.25, 0.3) is 0 Å². The van der Waals surface area contributed by atoms with Crippen LogP contribution in [0.1, 0.15) is 26.3 Å². The van der Waals surface area contributed by atoms with Crippen LogP contribution in [0.3, 0.4) is 0 Å². The first-order chi connectivity index (χ1) is 10.5. The van der Waals surface area contributed by atoms with Crippen LogP contribution in [0, 0.1) is 0 Å². The highest BCUT2D eigenvalue weighted by atomic mass is 16.5. The minimum Gasteiger partial charge on any atom is -0.462 e. The summed E-state index contributed by atoms with van der Waals surface area (Å²) >= 11 is 0. The second-order valence-electron chi connectivity index (χ2n) is 5.14. The molecule has 2 rings (SSSR count). The molecule has 0 fully saturated rings. The summed E-state index contributed by atoms with van der Waals surface area (Å²) in [6.45, 7) is 4.86. The first-order valence-electron chi connectivity index (χ1n) is 7.23. The van der Waals surface area contributed by atoms with Crippen molar-refractivity contribution in [2.24, 2.45) is 0 Å². The molecule has 0 unspecified atom stereocenters. The minimum absolute atomic E-state index is 0.0158. The van der Waals surface area contributed by atoms with Crippen LogP contribution in [-0.2, 0) is 25.5 Å². The molecule has 5 heteroatoms. The van der Waals surface area contributed by atoms with Crippen molar-refractivity contribution in [3.05, 3.63) is 47.2 Å². The zero-order valence-electron chi connectivity index (χ0n) is 13.0. The van der Waals surface area contributed by atoms with Gasteiger partial charge in [0.05, 0.1) is 6.61 Å². The van der Waals surface area contributed by atoms with Crippen molar-refractivity contribution in [2.45, 2.75) is 33.2 Å². The Morgan fingerprint density at radius 1 is 1.23 bits per heavy atom. The summed E-state index contributed by atoms with van der Waals surface area (Å²) in [5.41, 5.74) is 1.29. The van der Waals surface area contributed by atoms with E-state index in [0.717, 1.165) is 5.56 Å². The molecule has 0 saturated heterocycles. The highest BCUT2D eigenvalue weighted by Crippen LogP contribution is 2.29. The van der Waals surface area contributed by atoms with Crippen LogP contribution in [0.2, 0.25) is 0 Å². The number of hydrogen-bond acceptors (Lipinski definition) is 4. The van der Waals surface area contributed by atoms with Crippen LogP contribution in [0.5, 0.6) is 0 Å². The lowest BCUT2D eigenvalue weighted by Crippen LogP contribution is -2.39. The number of nitrogens with zero attached hydrogens (tertiary/aromatic N) is 1. The fourth-order valence-electron chi connectivity index (χ4n) is 2.74. The molecular weight excluding hydrogens is 282 g/mol. The van der Waals surface area contributed by atoms with Gasteiger partial charge in [-0.05, 0) is 19.4 Å². The van der Waals surface area contributed by atoms with Crippen molar-refractivity contribution >= 4 is 17.7 Å². The van der Waals surface area contributed by atoms with Crippen molar-refractivity contribution in [2.75, 3.05) is 6.61 Å². The van der Waals surface area contributed by atoms with E-state index in [4.69, 9.17) is 4.74 Å². The third-order valence-corrected chi connectivity index (χ3v) is 3.67. The molecule has 116 valence electrons. The molecule has 1 heterocycles. The molecule has 1 aromatic rings. The van der Waals surface area contributed by atoms with Crippen LogP contribution in [0.25, 0.3) is 0 Å². The van der Waals surface area contributed by atoms with Gasteiger partial charge in [0.15, 0.2) is 5.78 Å². The summed E-state index contributed by atoms with van der Waals surface area (Å²) in [6.07, 6.45) is 0.375. The monoisotopic (exact) mass is 301 g/mol. The number of Topliss-reactive ketones (excluding diaryl/α,β-unsaturated/α-hetero) is 1. The van der Waals surface area contributed by atoms with E-state index < -0.39 is 12.0 Å². The maximum Gasteiger partial charge on any atom is 0.343 e. The molecule has 0 N–H and O–H groups in total. The number of carbonyl (C=O) groups excluding carboxylic acids is 3. The van der Waals surface area contributed by atoms with Gasteiger partial charge >= 0.3 is 5.97 Å². The molecule has 1 aliphatic rings. The average Bonchev–Trinajstić information content (AvgIpc) is 2.71. The molecule has 1 amide bonds. The second-order valence-corrected chi connectivity index (χ2v) is 5.14. The first kappa shape index (κ1) is 15.9. The van der Waals surface area contributed by atoms with Gasteiger partial charge in [-0.15, -0.1) is 0 Å². The fraction of sp³-hybridized carbons (Fsp3) is 0.353. The SMILES string of the molecule is CCOC(=O)C1=C(C)N(C(C)=O)[C@@H](Cc2ccccc2)C1=O. The molecule has 0 aromatic heterocycles. The lowest BCUT2D eigenvalue weighted by molar-refractivity contribution is -0.140. The van der Waals surface area contributed by atoms with Gasteiger partial charge in [-0.25, -0.2) is 4.79 Å². The summed E-state index contributed by atoms with van der Waals surface area (Å²) < 4.78 is 4.94. The molecule has 22 heavy (non-hydrogen) atoms. The van der Waals surface area contributed by atoms with Crippen molar-refractivity contribution in [1.82, 2.24) is 4.90 Å². The van der Waals surface area contributed by atoms with Crippen LogP contribution >= 0.6 is 0 Å². The summed E-state index contributed by atoms with van der Waals surface area (Å²) in [7, 11) is 0. The number of benzene rings is 1. The van der Waals surface area contributed by atoms with E-state index in [0.29, 0.717) is 12.1 Å². The van der Waals surface area contributed by atoms with Gasteiger partial charge < -0.3 is 9.64 Å². The number of hydrogen-bond donors (Lipinski definition) is 0. The third-order valence-electron chi connectivity index (χ3n) is 3.67. The average molecular weight is 301 g/mol. The van der Waals surface area contributed by atoms with E-state index in [1.54, 1.807) is 13.8 Å². The molecule has 0 saturated carbocycles. The number of carbonyl (C=O) groups is 3. The lowest BCUT2D eigenvalue weighted by Gasteiger charge is -2.23. The van der Waals surface area contributed by atoms with Gasteiger partial charge in [0.1, 0.15) is 11.6 Å². The molecular formula is C17H19NO4. The summed E-state index contributed by atoms with van der Waals surface area (Å²) in [5.74, 6) is -1.27. The number of ether oxygens (including phenoxy) is 1. The Hall–Kier alpha value is -2.43. The smallest absolute Gasteiger partial charge is 0.343 e. The predicted molar refractivity (Wildman–Crippen MR) is 80.8 cm³/mol. The van der Waals surface area contributed by atoms with Crippen molar-refractivity contribution in [3.63, 3.8) is 0 Å². The van der Waals surface area contributed by atoms with Gasteiger partial charge in [0, 0.05) is 19.0 Å². The predicted octanol–water partition coefficient (Wildman–Crippen LogP) is 1.87. The van der Waals surface area contributed by atoms with Gasteiger partial charge in [0.2, 0.25) is 5.91 Å². The normalized spacial score (nSPS) is 17.9. The minimum atomic E-state index is -0.681. The number of amides is 1. The van der Waals surface area contributed by atoms with Crippen molar-refractivity contribution < 1.29 is 19.1 Å². The quantitative estimate of drug-likeness (QED) is 0.629. The Kier molecular flexibility index (Phi) is 4.75. The standard InChI is InChI=1S/C17H19NO4/c1-4-22-17(21)15-11(2)18(12(3)19)14(16(15)20)10-13-8-6-5-7-9-13/h5-9,14H,4,10H2,1-3H3/t14-/m0/s1. The molecule has 0 spiro atoms. The Morgan fingerprint density at radius 2 is 1.86 bits per heavy atom. The van der Waals surface area contributed by atoms with E-state index in [-0.39, 0.29) is 23.9 Å². The molecule has 0 radical (unpaired) electrons. The number of ketones is 1. The molecule has 5 nitrogen and oxygen atoms in total. The summed E-state index contributed by atoms with van der Waals surface area (Å²) in [4.78, 5) is 37.9. The Balaban J connectivity index is 2.34. The zero-order chi connectivity index (χ0) is 16.3. The number of esters is 1. The highest BCUT2D eigenvalue weighted by molar-refractivity contribution is 6.22. The zero-order valence-corrected chi connectivity index (χ0v) is 13.0. The Morgan fingerprint density at radius 3 is 2.41 bits per heavy atom. The van der Waals surface area contributed by atoms with Gasteiger partial charge in [-0.3, -0.25) is 9.59 Å². The Bertz CT molecular complexity index is 633. The Labute approximate surface area is 129 Å². The summed E-state index contributed by atoms with van der Waals surface area (Å²) in [5, 5.41) is 0. The van der Waals surface area contributed by atoms with Crippen LogP contribution in [-0.4, -0.2) is 35.2 Å². The molecule has 1 atom stereocenters. The van der Waals surface area contributed by atoms with Crippen molar-refractivity contribution in [3.8, 4) is 0 Å². The maximum atomic E-state index is 12.6. The molecule has 0 aliphatic carbocycles. The van der Waals surface area contributed by atoms with Crippen LogP contribution < -0.4 is 0 Å². The first-order valence-corrected chi connectivity index (χ1v) is 7.23. The van der Waals surface area contributed by atoms with E-state index >= 15 is 0 Å². The number of allylic oxidation sites excluding steroid dienone is 1.